The zero-order valence-corrected chi connectivity index (χ0v) is 9.19. The third kappa shape index (κ3) is 1.76. The largest absolute Gasteiger partial charge is 0.390 e. The Hall–Kier alpha value is -0.0400. The molecule has 2 aliphatic rings. The molecule has 1 heteroatoms. The highest BCUT2D eigenvalue weighted by molar-refractivity contribution is 5.05. The zero-order valence-electron chi connectivity index (χ0n) is 9.19. The molecule has 0 radical (unpaired) electrons. The van der Waals surface area contributed by atoms with Gasteiger partial charge in [0.15, 0.2) is 0 Å². The third-order valence-corrected chi connectivity index (χ3v) is 3.93. The van der Waals surface area contributed by atoms with Crippen LogP contribution in [0.3, 0.4) is 0 Å². The Morgan fingerprint density at radius 1 is 0.923 bits per heavy atom. The van der Waals surface area contributed by atoms with E-state index < -0.39 is 0 Å². The minimum absolute atomic E-state index is 0.340. The molecule has 0 aromatic rings. The lowest BCUT2D eigenvalue weighted by molar-refractivity contribution is -0.146. The van der Waals surface area contributed by atoms with E-state index in [4.69, 9.17) is 0 Å². The summed E-state index contributed by atoms with van der Waals surface area (Å²) in [6, 6.07) is 0. The first-order valence-corrected chi connectivity index (χ1v) is 5.55. The van der Waals surface area contributed by atoms with E-state index in [1.54, 1.807) is 0 Å². The fourth-order valence-electron chi connectivity index (χ4n) is 4.00. The van der Waals surface area contributed by atoms with Crippen LogP contribution in [0, 0.1) is 10.8 Å². The van der Waals surface area contributed by atoms with Crippen LogP contribution in [0.15, 0.2) is 0 Å². The molecule has 0 atom stereocenters. The van der Waals surface area contributed by atoms with Gasteiger partial charge in [0, 0.05) is 0 Å². The normalized spacial score (nSPS) is 48.9. The van der Waals surface area contributed by atoms with Gasteiger partial charge in [-0.3, -0.25) is 0 Å². The van der Waals surface area contributed by atoms with Gasteiger partial charge in [-0.05, 0) is 49.9 Å². The van der Waals surface area contributed by atoms with E-state index in [2.05, 4.69) is 13.8 Å². The Morgan fingerprint density at radius 3 is 2.00 bits per heavy atom. The molecule has 2 rings (SSSR count). The molecule has 0 aliphatic heterocycles. The summed E-state index contributed by atoms with van der Waals surface area (Å²) in [4.78, 5) is 0. The maximum atomic E-state index is 9.80. The zero-order chi connectivity index (χ0) is 9.74. The van der Waals surface area contributed by atoms with Gasteiger partial charge in [-0.15, -0.1) is 0 Å². The summed E-state index contributed by atoms with van der Waals surface area (Å²) in [5, 5.41) is 9.80. The van der Waals surface area contributed by atoms with Gasteiger partial charge < -0.3 is 5.11 Å². The van der Waals surface area contributed by atoms with Gasteiger partial charge in [0.05, 0.1) is 5.60 Å². The average molecular weight is 182 g/mol. The first-order chi connectivity index (χ1) is 5.83. The van der Waals surface area contributed by atoms with E-state index in [0.717, 1.165) is 12.8 Å². The predicted octanol–water partition coefficient (Wildman–Crippen LogP) is 3.12. The average Bonchev–Trinajstić information content (AvgIpc) is 1.78. The van der Waals surface area contributed by atoms with Crippen molar-refractivity contribution in [2.75, 3.05) is 0 Å². The number of rotatable bonds is 0. The highest BCUT2D eigenvalue weighted by Gasteiger charge is 2.53. The molecular formula is C12H22O. The molecule has 1 N–H and O–H groups in total. The quantitative estimate of drug-likeness (QED) is 0.610. The molecule has 1 nitrogen and oxygen atoms in total. The highest BCUT2D eigenvalue weighted by atomic mass is 16.3. The van der Waals surface area contributed by atoms with Crippen molar-refractivity contribution in [2.24, 2.45) is 10.8 Å². The second-order valence-electron chi connectivity index (χ2n) is 6.55. The van der Waals surface area contributed by atoms with Crippen molar-refractivity contribution in [1.29, 1.82) is 0 Å². The van der Waals surface area contributed by atoms with Gasteiger partial charge in [-0.1, -0.05) is 20.3 Å². The predicted molar refractivity (Wildman–Crippen MR) is 54.5 cm³/mol. The molecule has 2 aliphatic carbocycles. The van der Waals surface area contributed by atoms with E-state index in [1.165, 1.54) is 25.7 Å². The summed E-state index contributed by atoms with van der Waals surface area (Å²) >= 11 is 0. The van der Waals surface area contributed by atoms with Crippen LogP contribution in [-0.2, 0) is 0 Å². The molecule has 0 heterocycles. The van der Waals surface area contributed by atoms with Crippen molar-refractivity contribution in [2.45, 2.75) is 64.9 Å². The Kier molecular flexibility index (Phi) is 1.83. The van der Waals surface area contributed by atoms with Gasteiger partial charge in [0.1, 0.15) is 0 Å². The summed E-state index contributed by atoms with van der Waals surface area (Å²) in [6.07, 6.45) is 7.51. The molecule has 1 spiro atoms. The molecule has 2 saturated carbocycles. The van der Waals surface area contributed by atoms with Crippen LogP contribution >= 0.6 is 0 Å². The summed E-state index contributed by atoms with van der Waals surface area (Å²) < 4.78 is 0. The maximum absolute atomic E-state index is 9.80. The first-order valence-electron chi connectivity index (χ1n) is 5.55. The summed E-state index contributed by atoms with van der Waals surface area (Å²) in [5.74, 6) is 0. The van der Waals surface area contributed by atoms with Gasteiger partial charge in [0.25, 0.3) is 0 Å². The maximum Gasteiger partial charge on any atom is 0.0630 e. The standard InChI is InChI=1S/C12H22O/c1-10(2)5-4-6-12(7-10)8-11(3,13)9-12/h13H,4-9H2,1-3H3. The lowest BCUT2D eigenvalue weighted by atomic mass is 9.50. The van der Waals surface area contributed by atoms with Crippen LogP contribution in [0.5, 0.6) is 0 Å². The Bertz CT molecular complexity index is 207. The van der Waals surface area contributed by atoms with Crippen LogP contribution < -0.4 is 0 Å². The van der Waals surface area contributed by atoms with Crippen LogP contribution in [0.25, 0.3) is 0 Å². The second kappa shape index (κ2) is 2.50. The Balaban J connectivity index is 2.02. The molecule has 0 unspecified atom stereocenters. The Labute approximate surface area is 81.5 Å². The topological polar surface area (TPSA) is 20.2 Å². The van der Waals surface area contributed by atoms with Crippen LogP contribution in [0.4, 0.5) is 0 Å². The molecule has 0 aromatic carbocycles. The van der Waals surface area contributed by atoms with Crippen molar-refractivity contribution in [3.63, 3.8) is 0 Å². The second-order valence-corrected chi connectivity index (χ2v) is 6.55. The highest BCUT2D eigenvalue weighted by Crippen LogP contribution is 2.60. The minimum atomic E-state index is -0.340. The third-order valence-electron chi connectivity index (χ3n) is 3.93. The fraction of sp³-hybridized carbons (Fsp3) is 1.00. The molecule has 0 saturated heterocycles. The molecule has 0 bridgehead atoms. The van der Waals surface area contributed by atoms with Crippen LogP contribution in [0.2, 0.25) is 0 Å². The van der Waals surface area contributed by atoms with Crippen molar-refractivity contribution >= 4 is 0 Å². The number of aliphatic hydroxyl groups is 1. The van der Waals surface area contributed by atoms with Gasteiger partial charge in [0.2, 0.25) is 0 Å². The van der Waals surface area contributed by atoms with E-state index >= 15 is 0 Å². The summed E-state index contributed by atoms with van der Waals surface area (Å²) in [5.41, 5.74) is 0.702. The number of hydrogen-bond donors (Lipinski definition) is 1. The van der Waals surface area contributed by atoms with E-state index in [9.17, 15) is 5.11 Å². The van der Waals surface area contributed by atoms with Crippen LogP contribution in [0.1, 0.15) is 59.3 Å². The van der Waals surface area contributed by atoms with Crippen molar-refractivity contribution in [3.05, 3.63) is 0 Å². The molecule has 13 heavy (non-hydrogen) atoms. The van der Waals surface area contributed by atoms with Gasteiger partial charge >= 0.3 is 0 Å². The summed E-state index contributed by atoms with van der Waals surface area (Å²) in [6.45, 7) is 6.74. The Morgan fingerprint density at radius 2 is 1.54 bits per heavy atom. The lowest BCUT2D eigenvalue weighted by Crippen LogP contribution is -2.52. The minimum Gasteiger partial charge on any atom is -0.390 e. The van der Waals surface area contributed by atoms with Crippen LogP contribution in [-0.4, -0.2) is 10.7 Å². The molecule has 0 amide bonds. The van der Waals surface area contributed by atoms with Gasteiger partial charge in [-0.25, -0.2) is 0 Å². The van der Waals surface area contributed by atoms with Crippen molar-refractivity contribution in [3.8, 4) is 0 Å². The smallest absolute Gasteiger partial charge is 0.0630 e. The molecular weight excluding hydrogens is 160 g/mol. The van der Waals surface area contributed by atoms with E-state index in [0.29, 0.717) is 10.8 Å². The van der Waals surface area contributed by atoms with Crippen molar-refractivity contribution < 1.29 is 5.11 Å². The molecule has 76 valence electrons. The van der Waals surface area contributed by atoms with E-state index in [-0.39, 0.29) is 5.60 Å². The monoisotopic (exact) mass is 182 g/mol. The first kappa shape index (κ1) is 9.51. The number of hydrogen-bond acceptors (Lipinski definition) is 1. The SMILES string of the molecule is CC1(C)CCCC2(C1)CC(C)(O)C2. The van der Waals surface area contributed by atoms with Crippen molar-refractivity contribution in [1.82, 2.24) is 0 Å². The molecule has 2 fully saturated rings. The van der Waals surface area contributed by atoms with Gasteiger partial charge in [-0.2, -0.15) is 0 Å². The lowest BCUT2D eigenvalue weighted by Gasteiger charge is -2.57. The van der Waals surface area contributed by atoms with E-state index in [1.807, 2.05) is 6.92 Å². The molecule has 0 aromatic heterocycles. The summed E-state index contributed by atoms with van der Waals surface area (Å²) in [7, 11) is 0. The fourth-order valence-corrected chi connectivity index (χ4v) is 4.00.